The van der Waals surface area contributed by atoms with E-state index in [1.165, 1.54) is 47.5 Å². The molecule has 0 fully saturated rings. The molecule has 10 aromatic rings. The first kappa shape index (κ1) is 26.3. The Morgan fingerprint density at radius 2 is 1.06 bits per heavy atom. The monoisotopic (exact) mass is 617 g/mol. The van der Waals surface area contributed by atoms with E-state index in [1.807, 2.05) is 11.3 Å². The first-order valence-corrected chi connectivity index (χ1v) is 16.7. The van der Waals surface area contributed by atoms with Gasteiger partial charge in [-0.05, 0) is 75.8 Å². The minimum absolute atomic E-state index is 0.957. The zero-order valence-electron chi connectivity index (χ0n) is 25.4. The molecule has 0 spiro atoms. The Morgan fingerprint density at radius 3 is 1.91 bits per heavy atom. The van der Waals surface area contributed by atoms with Crippen LogP contribution in [0.1, 0.15) is 0 Å². The summed E-state index contributed by atoms with van der Waals surface area (Å²) in [5.74, 6) is 0. The molecule has 0 amide bonds. The molecule has 47 heavy (non-hydrogen) atoms. The average molecular weight is 618 g/mol. The number of para-hydroxylation sites is 1. The van der Waals surface area contributed by atoms with Crippen molar-refractivity contribution in [3.8, 4) is 11.1 Å². The van der Waals surface area contributed by atoms with Crippen molar-refractivity contribution < 1.29 is 4.42 Å². The van der Waals surface area contributed by atoms with Crippen LogP contribution >= 0.6 is 11.3 Å². The highest BCUT2D eigenvalue weighted by Crippen LogP contribution is 2.48. The van der Waals surface area contributed by atoms with Crippen LogP contribution in [0.5, 0.6) is 0 Å². The normalized spacial score (nSPS) is 11.8. The van der Waals surface area contributed by atoms with Gasteiger partial charge in [-0.25, -0.2) is 0 Å². The third kappa shape index (κ3) is 4.04. The third-order valence-electron chi connectivity index (χ3n) is 9.45. The van der Waals surface area contributed by atoms with E-state index in [9.17, 15) is 0 Å². The van der Waals surface area contributed by atoms with Crippen LogP contribution in [0, 0.1) is 0 Å². The summed E-state index contributed by atoms with van der Waals surface area (Å²) in [4.78, 5) is 2.38. The summed E-state index contributed by atoms with van der Waals surface area (Å²) in [5, 5.41) is 9.58. The predicted molar refractivity (Wildman–Crippen MR) is 202 cm³/mol. The molecule has 10 rings (SSSR count). The molecule has 0 radical (unpaired) electrons. The number of anilines is 3. The van der Waals surface area contributed by atoms with E-state index in [0.717, 1.165) is 44.4 Å². The molecule has 2 aromatic heterocycles. The molecule has 220 valence electrons. The van der Waals surface area contributed by atoms with Crippen LogP contribution in [0.3, 0.4) is 0 Å². The van der Waals surface area contributed by atoms with Gasteiger partial charge in [0, 0.05) is 43.0 Å². The molecule has 0 saturated heterocycles. The van der Waals surface area contributed by atoms with Gasteiger partial charge in [0.25, 0.3) is 0 Å². The molecule has 0 saturated carbocycles. The van der Waals surface area contributed by atoms with E-state index < -0.39 is 0 Å². The zero-order valence-corrected chi connectivity index (χ0v) is 26.2. The van der Waals surface area contributed by atoms with E-state index in [4.69, 9.17) is 4.42 Å². The van der Waals surface area contributed by atoms with Crippen molar-refractivity contribution in [1.29, 1.82) is 0 Å². The van der Waals surface area contributed by atoms with E-state index in [2.05, 4.69) is 169 Å². The van der Waals surface area contributed by atoms with Crippen molar-refractivity contribution in [3.05, 3.63) is 164 Å². The first-order chi connectivity index (χ1) is 23.3. The summed E-state index contributed by atoms with van der Waals surface area (Å²) < 4.78 is 9.26. The van der Waals surface area contributed by atoms with Gasteiger partial charge in [-0.15, -0.1) is 11.3 Å². The second kappa shape index (κ2) is 10.3. The maximum absolute atomic E-state index is 6.79. The van der Waals surface area contributed by atoms with Crippen LogP contribution in [0.15, 0.2) is 168 Å². The summed E-state index contributed by atoms with van der Waals surface area (Å²) >= 11 is 1.83. The molecular weight excluding hydrogens is 591 g/mol. The van der Waals surface area contributed by atoms with Crippen molar-refractivity contribution in [2.75, 3.05) is 4.90 Å². The lowest BCUT2D eigenvalue weighted by Crippen LogP contribution is -2.09. The summed E-state index contributed by atoms with van der Waals surface area (Å²) in [6, 6.07) is 58.9. The second-order valence-corrected chi connectivity index (χ2v) is 13.1. The molecule has 0 atom stereocenters. The molecule has 3 heteroatoms. The number of hydrogen-bond acceptors (Lipinski definition) is 3. The Kier molecular flexibility index (Phi) is 5.78. The highest BCUT2D eigenvalue weighted by Gasteiger charge is 2.21. The molecule has 0 aliphatic carbocycles. The molecule has 2 heterocycles. The van der Waals surface area contributed by atoms with Crippen LogP contribution < -0.4 is 4.90 Å². The lowest BCUT2D eigenvalue weighted by Gasteiger charge is -2.26. The van der Waals surface area contributed by atoms with Crippen LogP contribution in [0.25, 0.3) is 74.8 Å². The Hall–Kier alpha value is -5.90. The van der Waals surface area contributed by atoms with Crippen molar-refractivity contribution in [1.82, 2.24) is 0 Å². The summed E-state index contributed by atoms with van der Waals surface area (Å²) in [6.07, 6.45) is 0. The SMILES string of the molecule is c1ccc(N(c2ccc(-c3cccc4ccccc34)cc2)c2cccc3c2sc2ccc4c5ccc6ccccc6c5oc4c23)cc1. The van der Waals surface area contributed by atoms with Crippen LogP contribution in [-0.4, -0.2) is 0 Å². The minimum Gasteiger partial charge on any atom is -0.455 e. The van der Waals surface area contributed by atoms with Crippen LogP contribution in [0.2, 0.25) is 0 Å². The average Bonchev–Trinajstić information content (AvgIpc) is 3.72. The van der Waals surface area contributed by atoms with Crippen molar-refractivity contribution in [2.45, 2.75) is 0 Å². The number of furan rings is 1. The van der Waals surface area contributed by atoms with Crippen molar-refractivity contribution in [3.63, 3.8) is 0 Å². The lowest BCUT2D eigenvalue weighted by atomic mass is 9.98. The van der Waals surface area contributed by atoms with Gasteiger partial charge in [0.1, 0.15) is 11.2 Å². The summed E-state index contributed by atoms with van der Waals surface area (Å²) in [6.45, 7) is 0. The zero-order chi connectivity index (χ0) is 30.9. The highest BCUT2D eigenvalue weighted by atomic mass is 32.1. The number of benzene rings is 8. The summed E-state index contributed by atoms with van der Waals surface area (Å²) in [5.41, 5.74) is 7.76. The number of fused-ring (bicyclic) bond motifs is 10. The molecule has 0 aliphatic heterocycles. The van der Waals surface area contributed by atoms with E-state index in [-0.39, 0.29) is 0 Å². The van der Waals surface area contributed by atoms with Gasteiger partial charge in [-0.1, -0.05) is 115 Å². The number of thiophene rings is 1. The van der Waals surface area contributed by atoms with E-state index in [1.54, 1.807) is 0 Å². The third-order valence-corrected chi connectivity index (χ3v) is 10.6. The first-order valence-electron chi connectivity index (χ1n) is 15.9. The predicted octanol–water partition coefficient (Wildman–Crippen LogP) is 13.4. The standard InChI is InChI=1S/C44H27NOS/c1-2-13-31(14-3-1)45(32-23-20-30(21-24-32)34-17-8-12-28-10-4-6-15-33(28)34)39-19-9-18-38-41-40(47-44(38)39)27-26-37-36-25-22-29-11-5-7-16-35(29)42(36)46-43(37)41/h1-27H. The largest absolute Gasteiger partial charge is 0.455 e. The van der Waals surface area contributed by atoms with Gasteiger partial charge in [0.05, 0.1) is 10.4 Å². The molecule has 2 nitrogen and oxygen atoms in total. The van der Waals surface area contributed by atoms with Gasteiger partial charge in [0.2, 0.25) is 0 Å². The van der Waals surface area contributed by atoms with Crippen LogP contribution in [-0.2, 0) is 0 Å². The van der Waals surface area contributed by atoms with Gasteiger partial charge < -0.3 is 9.32 Å². The Bertz CT molecular complexity index is 2790. The Balaban J connectivity index is 1.18. The fourth-order valence-electron chi connectivity index (χ4n) is 7.28. The quantitative estimate of drug-likeness (QED) is 0.195. The van der Waals surface area contributed by atoms with Crippen molar-refractivity contribution in [2.24, 2.45) is 0 Å². The number of rotatable bonds is 4. The molecule has 0 aliphatic rings. The fraction of sp³-hybridized carbons (Fsp3) is 0. The molecule has 0 N–H and O–H groups in total. The molecular formula is C44H27NOS. The van der Waals surface area contributed by atoms with Crippen molar-refractivity contribution >= 4 is 92.1 Å². The topological polar surface area (TPSA) is 16.4 Å². The maximum Gasteiger partial charge on any atom is 0.144 e. The molecule has 0 bridgehead atoms. The Morgan fingerprint density at radius 1 is 0.426 bits per heavy atom. The van der Waals surface area contributed by atoms with E-state index >= 15 is 0 Å². The van der Waals surface area contributed by atoms with E-state index in [0.29, 0.717) is 0 Å². The highest BCUT2D eigenvalue weighted by molar-refractivity contribution is 7.26. The number of hydrogen-bond donors (Lipinski definition) is 0. The summed E-state index contributed by atoms with van der Waals surface area (Å²) in [7, 11) is 0. The van der Waals surface area contributed by atoms with Gasteiger partial charge in [-0.2, -0.15) is 0 Å². The molecule has 0 unspecified atom stereocenters. The lowest BCUT2D eigenvalue weighted by molar-refractivity contribution is 0.677. The number of nitrogens with zero attached hydrogens (tertiary/aromatic N) is 1. The fourth-order valence-corrected chi connectivity index (χ4v) is 8.48. The smallest absolute Gasteiger partial charge is 0.144 e. The van der Waals surface area contributed by atoms with Gasteiger partial charge in [0.15, 0.2) is 0 Å². The minimum atomic E-state index is 0.957. The van der Waals surface area contributed by atoms with Crippen LogP contribution in [0.4, 0.5) is 17.1 Å². The maximum atomic E-state index is 6.79. The Labute approximate surface area is 275 Å². The molecule has 8 aromatic carbocycles. The van der Waals surface area contributed by atoms with Gasteiger partial charge in [-0.3, -0.25) is 0 Å². The van der Waals surface area contributed by atoms with Gasteiger partial charge >= 0.3 is 0 Å². The second-order valence-electron chi connectivity index (χ2n) is 12.1.